The van der Waals surface area contributed by atoms with Crippen LogP contribution in [0.1, 0.15) is 90.5 Å². The highest BCUT2D eigenvalue weighted by atomic mass is 33.1. The fourth-order valence-corrected chi connectivity index (χ4v) is 8.63. The molecule has 1 aromatic carbocycles. The van der Waals surface area contributed by atoms with Gasteiger partial charge in [-0.05, 0) is 89.3 Å². The van der Waals surface area contributed by atoms with Crippen LogP contribution < -0.4 is 25.4 Å². The number of fused-ring (bicyclic) bond motifs is 1. The summed E-state index contributed by atoms with van der Waals surface area (Å²) in [6, 6.07) is 1.63. The third kappa shape index (κ3) is 17.3. The van der Waals surface area contributed by atoms with Crippen LogP contribution in [0.3, 0.4) is 0 Å². The Bertz CT molecular complexity index is 1760. The van der Waals surface area contributed by atoms with Gasteiger partial charge in [0, 0.05) is 23.5 Å². The van der Waals surface area contributed by atoms with Gasteiger partial charge in [0.15, 0.2) is 11.5 Å². The van der Waals surface area contributed by atoms with E-state index in [0.717, 1.165) is 53.7 Å². The first kappa shape index (κ1) is 50.0. The van der Waals surface area contributed by atoms with Crippen molar-refractivity contribution < 1.29 is 52.8 Å². The molecule has 0 bridgehead atoms. The summed E-state index contributed by atoms with van der Waals surface area (Å²) in [4.78, 5) is 52.0. The van der Waals surface area contributed by atoms with Gasteiger partial charge in [-0.25, -0.2) is 4.79 Å². The van der Waals surface area contributed by atoms with Crippen LogP contribution in [0.2, 0.25) is 0 Å². The Balaban J connectivity index is 1.45. The van der Waals surface area contributed by atoms with Gasteiger partial charge in [0.25, 0.3) is 0 Å². The number of aliphatic hydroxyl groups is 2. The number of benzene rings is 1. The number of carbonyl (C=O) groups is 4. The number of halogens is 2. The van der Waals surface area contributed by atoms with E-state index in [1.165, 1.54) is 18.2 Å². The molecular formula is C44H59F2N3O9S2. The topological polar surface area (TPSA) is 184 Å². The average Bonchev–Trinajstić information content (AvgIpc) is 3.95. The molecule has 1 saturated carbocycles. The van der Waals surface area contributed by atoms with E-state index in [-0.39, 0.29) is 30.2 Å². The number of hydrogen-bond acceptors (Lipinski definition) is 10. The lowest BCUT2D eigenvalue weighted by molar-refractivity contribution is -0.286. The van der Waals surface area contributed by atoms with Crippen molar-refractivity contribution in [3.8, 4) is 11.5 Å². The first-order chi connectivity index (χ1) is 28.6. The lowest BCUT2D eigenvalue weighted by Gasteiger charge is -2.34. The molecule has 1 aromatic rings. The van der Waals surface area contributed by atoms with Crippen LogP contribution in [-0.4, -0.2) is 87.1 Å². The number of ether oxygens (including phenoxy) is 2. The average molecular weight is 876 g/mol. The van der Waals surface area contributed by atoms with Crippen molar-refractivity contribution in [2.45, 2.75) is 120 Å². The van der Waals surface area contributed by atoms with Crippen molar-refractivity contribution in [3.63, 3.8) is 0 Å². The maximum absolute atomic E-state index is 13.8. The number of aliphatic hydroxyl groups excluding tert-OH is 2. The van der Waals surface area contributed by atoms with Gasteiger partial charge < -0.3 is 40.7 Å². The molecule has 1 heterocycles. The molecule has 0 aromatic heterocycles. The fraction of sp³-hybridized carbons (Fsp3) is 0.500. The molecule has 330 valence electrons. The van der Waals surface area contributed by atoms with E-state index >= 15 is 0 Å². The zero-order chi connectivity index (χ0) is 44.0. The molecule has 0 spiro atoms. The summed E-state index contributed by atoms with van der Waals surface area (Å²) in [6.07, 6.45) is 26.7. The minimum atomic E-state index is -3.83. The number of hydrogen-bond donors (Lipinski definition) is 6. The molecule has 6 N–H and O–H groups in total. The SMILES string of the molecule is CC/C=C\C/C=C\C/C=C\C/C=C\C/C=C\C/C=C\CCC(=O)N[C@@H](CSSC(C)(C)[C@H](NC(=O)C1(c2ccc3c(c2)OC(F)(F)O3)CC1)C(=O)NC[C@@H](O)CO)C(=O)O. The van der Waals surface area contributed by atoms with Gasteiger partial charge in [-0.2, -0.15) is 0 Å². The zero-order valence-corrected chi connectivity index (χ0v) is 36.1. The van der Waals surface area contributed by atoms with Gasteiger partial charge in [0.1, 0.15) is 12.1 Å². The van der Waals surface area contributed by atoms with Crippen molar-refractivity contribution in [2.75, 3.05) is 18.9 Å². The van der Waals surface area contributed by atoms with Gasteiger partial charge >= 0.3 is 12.3 Å². The van der Waals surface area contributed by atoms with E-state index in [0.29, 0.717) is 31.2 Å². The summed E-state index contributed by atoms with van der Waals surface area (Å²) in [5.41, 5.74) is -0.729. The standard InChI is InChI=1S/C44H59F2N3O9S2/c1-4-5-6-7-8-9-10-11-12-13-14-15-16-17-18-19-20-21-22-23-37(52)48-34(40(54)55)31-59-60-42(2,3)38(39(53)47-29-33(51)30-50)49-41(56)43(26-27-43)32-24-25-35-36(28-32)58-44(45,46)57-35/h5-6,8-9,11-12,14-15,17-18,20-21,24-25,28,33-34,38,50-51H,4,7,10,13,16,19,22-23,26-27,29-31H2,1-3H3,(H,47,53)(H,48,52)(H,49,56)(H,54,55)/b6-5-,9-8-,12-11-,15-14-,18-17-,21-20-/t33-,34+,38-/m1/s1. The molecular weight excluding hydrogens is 817 g/mol. The summed E-state index contributed by atoms with van der Waals surface area (Å²) in [5, 5.41) is 36.8. The molecule has 1 aliphatic carbocycles. The molecule has 0 radical (unpaired) electrons. The summed E-state index contributed by atoms with van der Waals surface area (Å²) in [5.74, 6) is -3.34. The van der Waals surface area contributed by atoms with Crippen molar-refractivity contribution in [1.82, 2.24) is 16.0 Å². The van der Waals surface area contributed by atoms with E-state index in [4.69, 9.17) is 0 Å². The number of amides is 3. The van der Waals surface area contributed by atoms with E-state index in [2.05, 4.69) is 87.0 Å². The lowest BCUT2D eigenvalue weighted by atomic mass is 9.93. The summed E-state index contributed by atoms with van der Waals surface area (Å²) >= 11 is 0. The third-order valence-corrected chi connectivity index (χ3v) is 12.7. The van der Waals surface area contributed by atoms with Crippen molar-refractivity contribution in [1.29, 1.82) is 0 Å². The molecule has 1 fully saturated rings. The Kier molecular flexibility index (Phi) is 21.2. The molecule has 1 aliphatic heterocycles. The van der Waals surface area contributed by atoms with Gasteiger partial charge in [0.2, 0.25) is 17.7 Å². The second-order valence-electron chi connectivity index (χ2n) is 14.8. The minimum absolute atomic E-state index is 0.0631. The Morgan fingerprint density at radius 2 is 1.40 bits per heavy atom. The molecule has 16 heteroatoms. The van der Waals surface area contributed by atoms with E-state index in [1.807, 2.05) is 18.2 Å². The summed E-state index contributed by atoms with van der Waals surface area (Å²) < 4.78 is 35.3. The monoisotopic (exact) mass is 875 g/mol. The Morgan fingerprint density at radius 3 is 1.93 bits per heavy atom. The molecule has 2 aliphatic rings. The van der Waals surface area contributed by atoms with E-state index < -0.39 is 64.9 Å². The van der Waals surface area contributed by atoms with Gasteiger partial charge in [-0.3, -0.25) is 14.4 Å². The predicted octanol–water partition coefficient (Wildman–Crippen LogP) is 7.20. The highest BCUT2D eigenvalue weighted by Crippen LogP contribution is 2.52. The highest BCUT2D eigenvalue weighted by Gasteiger charge is 2.54. The van der Waals surface area contributed by atoms with Crippen LogP contribution in [0, 0.1) is 0 Å². The Morgan fingerprint density at radius 1 is 0.850 bits per heavy atom. The minimum Gasteiger partial charge on any atom is -0.480 e. The highest BCUT2D eigenvalue weighted by molar-refractivity contribution is 8.77. The second-order valence-corrected chi connectivity index (χ2v) is 17.8. The molecule has 3 amide bonds. The predicted molar refractivity (Wildman–Crippen MR) is 233 cm³/mol. The van der Waals surface area contributed by atoms with Crippen LogP contribution in [0.5, 0.6) is 11.5 Å². The number of alkyl halides is 2. The fourth-order valence-electron chi connectivity index (χ4n) is 5.83. The van der Waals surface area contributed by atoms with Crippen LogP contribution in [0.4, 0.5) is 8.78 Å². The van der Waals surface area contributed by atoms with E-state index in [1.54, 1.807) is 13.8 Å². The Labute approximate surface area is 359 Å². The van der Waals surface area contributed by atoms with Crippen molar-refractivity contribution in [2.24, 2.45) is 0 Å². The molecule has 0 saturated heterocycles. The van der Waals surface area contributed by atoms with Crippen molar-refractivity contribution >= 4 is 45.3 Å². The number of carboxylic acids is 1. The largest absolute Gasteiger partial charge is 0.586 e. The number of carbonyl (C=O) groups excluding carboxylic acids is 3. The number of carboxylic acid groups (broad SMARTS) is 1. The quantitative estimate of drug-likeness (QED) is 0.0370. The van der Waals surface area contributed by atoms with Crippen LogP contribution >= 0.6 is 21.6 Å². The van der Waals surface area contributed by atoms with Gasteiger partial charge in [-0.15, -0.1) is 8.78 Å². The Hall–Kier alpha value is -4.38. The molecule has 3 rings (SSSR count). The van der Waals surface area contributed by atoms with Gasteiger partial charge in [-0.1, -0.05) is 107 Å². The summed E-state index contributed by atoms with van der Waals surface area (Å²) in [6.45, 7) is 4.54. The number of rotatable bonds is 28. The maximum atomic E-state index is 13.8. The van der Waals surface area contributed by atoms with Crippen LogP contribution in [-0.2, 0) is 24.6 Å². The molecule has 0 unspecified atom stereocenters. The van der Waals surface area contributed by atoms with Crippen molar-refractivity contribution in [3.05, 3.63) is 96.7 Å². The van der Waals surface area contributed by atoms with Crippen LogP contribution in [0.15, 0.2) is 91.1 Å². The zero-order valence-electron chi connectivity index (χ0n) is 34.4. The second kappa shape index (κ2) is 25.4. The normalized spacial score (nSPS) is 17.2. The maximum Gasteiger partial charge on any atom is 0.586 e. The van der Waals surface area contributed by atoms with Gasteiger partial charge in [0.05, 0.1) is 18.1 Å². The summed E-state index contributed by atoms with van der Waals surface area (Å²) in [7, 11) is 2.21. The molecule has 60 heavy (non-hydrogen) atoms. The number of aliphatic carboxylic acids is 1. The number of nitrogens with one attached hydrogen (secondary N) is 3. The lowest BCUT2D eigenvalue weighted by Crippen LogP contribution is -2.58. The first-order valence-electron chi connectivity index (χ1n) is 20.1. The van der Waals surface area contributed by atoms with E-state index in [9.17, 15) is 43.3 Å². The number of allylic oxidation sites excluding steroid dienone is 12. The van der Waals surface area contributed by atoms with Crippen LogP contribution in [0.25, 0.3) is 0 Å². The molecule has 3 atom stereocenters. The smallest absolute Gasteiger partial charge is 0.480 e. The first-order valence-corrected chi connectivity index (χ1v) is 22.5. The molecule has 12 nitrogen and oxygen atoms in total. The third-order valence-electron chi connectivity index (χ3n) is 9.37.